The van der Waals surface area contributed by atoms with E-state index in [2.05, 4.69) is 126 Å². The lowest BCUT2D eigenvalue weighted by atomic mass is 10.00. The predicted molar refractivity (Wildman–Crippen MR) is 295 cm³/mol. The molecular formula is C64H60F5N5. The maximum atomic E-state index is 16.0. The number of halogens is 5. The second-order valence-corrected chi connectivity index (χ2v) is 19.6. The highest BCUT2D eigenvalue weighted by Gasteiger charge is 2.30. The minimum Gasteiger partial charge on any atom is -0.355 e. The zero-order chi connectivity index (χ0) is 51.3. The SMILES string of the molecule is CCCCCCCc1c2nc(c(-c3c(F)c(F)c(F)c(F)c3F)c3nc(c(CCCCCCC)c4ccc([nH]4)c(-c4ccc(C#Cc5ccc6c(c5)c5ccccc5n6CCCC)cc4)c4ccc1[nH]4)C=C3)C=C2. The first kappa shape index (κ1) is 50.0. The van der Waals surface area contributed by atoms with Gasteiger partial charge in [0.2, 0.25) is 5.82 Å². The first-order valence-electron chi connectivity index (χ1n) is 26.5. The quantitative estimate of drug-likeness (QED) is 0.0314. The van der Waals surface area contributed by atoms with Gasteiger partial charge in [-0.15, -0.1) is 0 Å². The van der Waals surface area contributed by atoms with Gasteiger partial charge in [-0.25, -0.2) is 31.9 Å². The van der Waals surface area contributed by atoms with Crippen molar-refractivity contribution >= 4 is 68.2 Å². The molecule has 0 atom stereocenters. The van der Waals surface area contributed by atoms with Crippen LogP contribution >= 0.6 is 0 Å². The van der Waals surface area contributed by atoms with Gasteiger partial charge in [-0.3, -0.25) is 0 Å². The van der Waals surface area contributed by atoms with Crippen LogP contribution in [0.1, 0.15) is 143 Å². The number of unbranched alkanes of at least 4 members (excludes halogenated alkanes) is 9. The third-order valence-corrected chi connectivity index (χ3v) is 14.5. The van der Waals surface area contributed by atoms with Crippen LogP contribution in [0.3, 0.4) is 0 Å². The molecule has 0 saturated heterocycles. The van der Waals surface area contributed by atoms with Gasteiger partial charge in [-0.2, -0.15) is 0 Å². The van der Waals surface area contributed by atoms with Crippen molar-refractivity contribution in [2.24, 2.45) is 0 Å². The Morgan fingerprint density at radius 3 is 1.50 bits per heavy atom. The van der Waals surface area contributed by atoms with Crippen molar-refractivity contribution in [1.82, 2.24) is 24.5 Å². The Morgan fingerprint density at radius 1 is 0.432 bits per heavy atom. The highest BCUT2D eigenvalue weighted by molar-refractivity contribution is 6.08. The number of para-hydroxylation sites is 1. The fraction of sp³-hybridized carbons (Fsp3) is 0.281. The lowest BCUT2D eigenvalue weighted by molar-refractivity contribution is 0.381. The van der Waals surface area contributed by atoms with Crippen LogP contribution in [-0.4, -0.2) is 24.5 Å². The molecule has 376 valence electrons. The van der Waals surface area contributed by atoms with E-state index < -0.39 is 34.6 Å². The van der Waals surface area contributed by atoms with Crippen molar-refractivity contribution in [3.63, 3.8) is 0 Å². The number of hydrogen-bond acceptors (Lipinski definition) is 2. The summed E-state index contributed by atoms with van der Waals surface area (Å²) in [7, 11) is 0. The summed E-state index contributed by atoms with van der Waals surface area (Å²) in [6, 6.07) is 31.6. The summed E-state index contributed by atoms with van der Waals surface area (Å²) in [5.41, 5.74) is 11.0. The molecule has 0 fully saturated rings. The van der Waals surface area contributed by atoms with E-state index in [-0.39, 0.29) is 17.0 Å². The Morgan fingerprint density at radius 2 is 0.919 bits per heavy atom. The summed E-state index contributed by atoms with van der Waals surface area (Å²) >= 11 is 0. The molecule has 2 aliphatic rings. The predicted octanol–water partition coefficient (Wildman–Crippen LogP) is 18.0. The van der Waals surface area contributed by atoms with Gasteiger partial charge in [0.15, 0.2) is 23.3 Å². The van der Waals surface area contributed by atoms with Crippen molar-refractivity contribution in [2.45, 2.75) is 117 Å². The van der Waals surface area contributed by atoms with Gasteiger partial charge >= 0.3 is 0 Å². The molecule has 74 heavy (non-hydrogen) atoms. The number of nitrogens with one attached hydrogen (secondary N) is 2. The number of rotatable bonds is 17. The van der Waals surface area contributed by atoms with Crippen LogP contribution in [0.2, 0.25) is 0 Å². The molecule has 4 aromatic heterocycles. The van der Waals surface area contributed by atoms with Crippen LogP contribution in [0.25, 0.3) is 90.4 Å². The second kappa shape index (κ2) is 22.3. The van der Waals surface area contributed by atoms with Crippen LogP contribution in [0.5, 0.6) is 0 Å². The molecule has 5 nitrogen and oxygen atoms in total. The molecule has 4 aromatic carbocycles. The van der Waals surface area contributed by atoms with Crippen molar-refractivity contribution in [3.8, 4) is 34.1 Å². The molecule has 0 saturated carbocycles. The Labute approximate surface area is 429 Å². The molecule has 6 heterocycles. The van der Waals surface area contributed by atoms with Gasteiger partial charge < -0.3 is 14.5 Å². The monoisotopic (exact) mass is 993 g/mol. The molecule has 8 bridgehead atoms. The zero-order valence-corrected chi connectivity index (χ0v) is 42.3. The minimum atomic E-state index is -2.22. The summed E-state index contributed by atoms with van der Waals surface area (Å²) in [5, 5.41) is 2.44. The second-order valence-electron chi connectivity index (χ2n) is 19.6. The summed E-state index contributed by atoms with van der Waals surface area (Å²) in [6.07, 6.45) is 20.3. The summed E-state index contributed by atoms with van der Waals surface area (Å²) in [6.45, 7) is 7.53. The van der Waals surface area contributed by atoms with Gasteiger partial charge in [-0.05, 0) is 123 Å². The Balaban J connectivity index is 1.15. The summed E-state index contributed by atoms with van der Waals surface area (Å²) < 4.78 is 79.1. The Hall–Kier alpha value is -7.51. The molecule has 10 rings (SSSR count). The van der Waals surface area contributed by atoms with Gasteiger partial charge in [0, 0.05) is 83.8 Å². The number of H-pyrrole nitrogens is 2. The maximum absolute atomic E-state index is 16.0. The van der Waals surface area contributed by atoms with Gasteiger partial charge in [0.25, 0.3) is 0 Å². The molecule has 10 heteroatoms. The van der Waals surface area contributed by atoms with Crippen LogP contribution in [-0.2, 0) is 19.4 Å². The zero-order valence-electron chi connectivity index (χ0n) is 42.3. The van der Waals surface area contributed by atoms with Crippen LogP contribution in [0.15, 0.2) is 91.0 Å². The lowest BCUT2D eigenvalue weighted by Crippen LogP contribution is -2.06. The number of hydrogen-bond donors (Lipinski definition) is 2. The summed E-state index contributed by atoms with van der Waals surface area (Å²) in [4.78, 5) is 17.4. The fourth-order valence-electron chi connectivity index (χ4n) is 10.6. The van der Waals surface area contributed by atoms with Crippen LogP contribution < -0.4 is 0 Å². The van der Waals surface area contributed by atoms with Crippen LogP contribution in [0, 0.1) is 40.9 Å². The molecule has 0 unspecified atom stereocenters. The maximum Gasteiger partial charge on any atom is 0.200 e. The molecule has 0 radical (unpaired) electrons. The van der Waals surface area contributed by atoms with E-state index >= 15 is 17.6 Å². The van der Waals surface area contributed by atoms with Gasteiger partial charge in [0.1, 0.15) is 0 Å². The van der Waals surface area contributed by atoms with Crippen molar-refractivity contribution in [3.05, 3.63) is 165 Å². The average Bonchev–Trinajstić information content (AvgIpc) is 4.31. The van der Waals surface area contributed by atoms with E-state index in [0.717, 1.165) is 139 Å². The molecule has 8 aromatic rings. The average molecular weight is 994 g/mol. The van der Waals surface area contributed by atoms with Gasteiger partial charge in [0.05, 0.1) is 28.3 Å². The van der Waals surface area contributed by atoms with Crippen molar-refractivity contribution in [1.29, 1.82) is 0 Å². The van der Waals surface area contributed by atoms with E-state index in [1.807, 2.05) is 12.1 Å². The highest BCUT2D eigenvalue weighted by atomic mass is 19.2. The minimum absolute atomic E-state index is 0.0458. The van der Waals surface area contributed by atoms with Crippen LogP contribution in [0.4, 0.5) is 22.0 Å². The Bertz CT molecular complexity index is 3570. The number of aromatic nitrogens is 5. The summed E-state index contributed by atoms with van der Waals surface area (Å²) in [5.74, 6) is -3.28. The normalized spacial score (nSPS) is 12.1. The third kappa shape index (κ3) is 9.97. The molecule has 2 N–H and O–H groups in total. The van der Waals surface area contributed by atoms with E-state index in [1.165, 1.54) is 21.8 Å². The number of benzene rings is 4. The number of fused-ring (bicyclic) bond motifs is 11. The highest BCUT2D eigenvalue weighted by Crippen LogP contribution is 2.39. The molecular weight excluding hydrogens is 934 g/mol. The number of nitrogens with zero attached hydrogens (tertiary/aromatic N) is 3. The molecule has 0 spiro atoms. The van der Waals surface area contributed by atoms with E-state index in [9.17, 15) is 4.39 Å². The Kier molecular flexibility index (Phi) is 15.1. The smallest absolute Gasteiger partial charge is 0.200 e. The van der Waals surface area contributed by atoms with Crippen molar-refractivity contribution < 1.29 is 22.0 Å². The number of aryl methyl sites for hydroxylation is 3. The molecule has 2 aliphatic heterocycles. The van der Waals surface area contributed by atoms with E-state index in [0.29, 0.717) is 24.2 Å². The topological polar surface area (TPSA) is 62.3 Å². The lowest BCUT2D eigenvalue weighted by Gasteiger charge is -2.10. The van der Waals surface area contributed by atoms with E-state index in [4.69, 9.17) is 9.97 Å². The van der Waals surface area contributed by atoms with Crippen molar-refractivity contribution in [2.75, 3.05) is 0 Å². The fourth-order valence-corrected chi connectivity index (χ4v) is 10.6. The first-order valence-corrected chi connectivity index (χ1v) is 26.5. The standard InChI is InChI=1S/C64H60F5N5/c1-4-7-10-12-14-19-44-47-29-33-51(70-47)57(42-27-24-40(25-28-42)22-23-41-26-37-56-46(39-41)43-18-16-17-21-55(43)74(56)38-9-6-3)52-34-30-48(71-52)45(20-15-13-11-8-5-2)50-32-36-54(73-50)58(53-35-31-49(44)72-53)59-60(65)62(67)64(69)63(68)61(59)66/h16-18,21,24-37,39,70-71H,4-15,19-20,38H2,1-3H3. The third-order valence-electron chi connectivity index (χ3n) is 14.5. The van der Waals surface area contributed by atoms with E-state index in [1.54, 1.807) is 24.3 Å². The molecule has 0 amide bonds. The molecule has 0 aliphatic carbocycles. The van der Waals surface area contributed by atoms with Gasteiger partial charge in [-0.1, -0.05) is 121 Å². The first-order chi connectivity index (χ1) is 36.2. The number of aromatic amines is 2. The largest absolute Gasteiger partial charge is 0.355 e.